The van der Waals surface area contributed by atoms with Crippen molar-refractivity contribution >= 4 is 34.1 Å². The van der Waals surface area contributed by atoms with E-state index < -0.39 is 0 Å². The number of hydrogen-bond acceptors (Lipinski definition) is 3. The van der Waals surface area contributed by atoms with Gasteiger partial charge in [-0.3, -0.25) is 4.79 Å². The van der Waals surface area contributed by atoms with Gasteiger partial charge in [0.2, 0.25) is 0 Å². The molecule has 0 aliphatic heterocycles. The Morgan fingerprint density at radius 3 is 2.72 bits per heavy atom. The number of halogens is 1. The second-order valence-electron chi connectivity index (χ2n) is 6.06. The molecule has 0 fully saturated rings. The number of carbonyl (C=O) groups is 1. The van der Waals surface area contributed by atoms with Crippen LogP contribution in [-0.2, 0) is 4.79 Å². The highest BCUT2D eigenvalue weighted by atomic mass is 35.5. The zero-order valence-corrected chi connectivity index (χ0v) is 15.1. The molecule has 1 aromatic heterocycles. The van der Waals surface area contributed by atoms with E-state index >= 15 is 0 Å². The first kappa shape index (κ1) is 17.2. The molecule has 0 aliphatic carbocycles. The van der Waals surface area contributed by atoms with E-state index in [1.807, 2.05) is 63.2 Å². The maximum Gasteiger partial charge on any atom is 0.262 e. The molecular weight excluding hydrogens is 336 g/mol. The fourth-order valence-corrected chi connectivity index (χ4v) is 3.10. The molecular formula is C20H19ClN2O2. The van der Waals surface area contributed by atoms with Crippen LogP contribution in [0.2, 0.25) is 5.02 Å². The summed E-state index contributed by atoms with van der Waals surface area (Å²) in [6, 6.07) is 13.4. The van der Waals surface area contributed by atoms with Crippen LogP contribution in [-0.4, -0.2) is 17.5 Å². The minimum atomic E-state index is -0.265. The Hall–Kier alpha value is -2.59. The maximum absolute atomic E-state index is 12.3. The Morgan fingerprint density at radius 1 is 1.16 bits per heavy atom. The van der Waals surface area contributed by atoms with E-state index in [1.54, 1.807) is 0 Å². The molecule has 0 saturated heterocycles. The average molecular weight is 355 g/mol. The smallest absolute Gasteiger partial charge is 0.262 e. The number of nitrogens with zero attached hydrogens (tertiary/aromatic N) is 1. The third kappa shape index (κ3) is 3.91. The second-order valence-corrected chi connectivity index (χ2v) is 6.46. The average Bonchev–Trinajstić information content (AvgIpc) is 2.56. The molecule has 0 saturated carbocycles. The number of nitrogens with one attached hydrogen (secondary N) is 1. The predicted molar refractivity (Wildman–Crippen MR) is 102 cm³/mol. The van der Waals surface area contributed by atoms with Gasteiger partial charge in [-0.05, 0) is 50.1 Å². The Morgan fingerprint density at radius 2 is 1.96 bits per heavy atom. The van der Waals surface area contributed by atoms with Crippen molar-refractivity contribution in [1.82, 2.24) is 4.98 Å². The Balaban J connectivity index is 1.74. The molecule has 0 unspecified atom stereocenters. The number of fused-ring (bicyclic) bond motifs is 1. The lowest BCUT2D eigenvalue weighted by Gasteiger charge is -2.13. The number of rotatable bonds is 4. The van der Waals surface area contributed by atoms with E-state index in [0.29, 0.717) is 16.5 Å². The zero-order valence-electron chi connectivity index (χ0n) is 14.4. The molecule has 0 atom stereocenters. The number of anilines is 1. The van der Waals surface area contributed by atoms with Crippen LogP contribution >= 0.6 is 11.6 Å². The summed E-state index contributed by atoms with van der Waals surface area (Å²) in [5.74, 6) is 0.321. The topological polar surface area (TPSA) is 51.2 Å². The summed E-state index contributed by atoms with van der Waals surface area (Å²) < 4.78 is 5.69. The van der Waals surface area contributed by atoms with E-state index in [9.17, 15) is 4.79 Å². The van der Waals surface area contributed by atoms with Crippen LogP contribution in [0.5, 0.6) is 5.75 Å². The van der Waals surface area contributed by atoms with Crippen LogP contribution in [0.1, 0.15) is 16.8 Å². The third-order valence-corrected chi connectivity index (χ3v) is 4.18. The monoisotopic (exact) mass is 354 g/mol. The van der Waals surface area contributed by atoms with Gasteiger partial charge in [0.25, 0.3) is 5.91 Å². The van der Waals surface area contributed by atoms with E-state index in [1.165, 1.54) is 0 Å². The summed E-state index contributed by atoms with van der Waals surface area (Å²) >= 11 is 6.23. The van der Waals surface area contributed by atoms with Crippen molar-refractivity contribution in [3.8, 4) is 5.75 Å². The zero-order chi connectivity index (χ0) is 18.0. The van der Waals surface area contributed by atoms with Crippen molar-refractivity contribution in [3.05, 3.63) is 64.3 Å². The molecule has 1 N–H and O–H groups in total. The van der Waals surface area contributed by atoms with Gasteiger partial charge in [0.1, 0.15) is 11.3 Å². The first-order valence-electron chi connectivity index (χ1n) is 8.00. The molecule has 0 radical (unpaired) electrons. The molecule has 2 aromatic carbocycles. The summed E-state index contributed by atoms with van der Waals surface area (Å²) in [6.45, 7) is 5.68. The number of ether oxygens (including phenoxy) is 1. The van der Waals surface area contributed by atoms with Crippen molar-refractivity contribution in [2.45, 2.75) is 20.8 Å². The molecule has 1 amide bonds. The number of hydrogen-bond donors (Lipinski definition) is 1. The lowest BCUT2D eigenvalue weighted by molar-refractivity contribution is -0.118. The first-order chi connectivity index (χ1) is 11.9. The van der Waals surface area contributed by atoms with Crippen LogP contribution in [0.15, 0.2) is 42.5 Å². The highest BCUT2D eigenvalue weighted by molar-refractivity contribution is 6.34. The van der Waals surface area contributed by atoms with E-state index in [4.69, 9.17) is 16.3 Å². The van der Waals surface area contributed by atoms with Crippen molar-refractivity contribution in [2.75, 3.05) is 11.9 Å². The number of aryl methyl sites for hydroxylation is 3. The van der Waals surface area contributed by atoms with E-state index in [0.717, 1.165) is 27.7 Å². The van der Waals surface area contributed by atoms with Crippen LogP contribution in [0.25, 0.3) is 10.9 Å². The normalized spacial score (nSPS) is 10.7. The van der Waals surface area contributed by atoms with Gasteiger partial charge in [-0.15, -0.1) is 0 Å². The molecule has 0 aliphatic rings. The summed E-state index contributed by atoms with van der Waals surface area (Å²) in [4.78, 5) is 16.8. The fraction of sp³-hybridized carbons (Fsp3) is 0.200. The highest BCUT2D eigenvalue weighted by Gasteiger charge is 2.11. The lowest BCUT2D eigenvalue weighted by atomic mass is 10.1. The van der Waals surface area contributed by atoms with Gasteiger partial charge < -0.3 is 10.1 Å². The molecule has 4 nitrogen and oxygen atoms in total. The Kier molecular flexibility index (Phi) is 4.91. The predicted octanol–water partition coefficient (Wildman–Crippen LogP) is 4.83. The van der Waals surface area contributed by atoms with Crippen LogP contribution in [0, 0.1) is 20.8 Å². The largest absolute Gasteiger partial charge is 0.481 e. The van der Waals surface area contributed by atoms with Gasteiger partial charge in [0.05, 0.1) is 10.7 Å². The van der Waals surface area contributed by atoms with Crippen molar-refractivity contribution in [2.24, 2.45) is 0 Å². The van der Waals surface area contributed by atoms with E-state index in [2.05, 4.69) is 10.3 Å². The van der Waals surface area contributed by atoms with Crippen LogP contribution in [0.4, 0.5) is 5.69 Å². The molecule has 3 aromatic rings. The van der Waals surface area contributed by atoms with Gasteiger partial charge >= 0.3 is 0 Å². The van der Waals surface area contributed by atoms with Gasteiger partial charge in [-0.1, -0.05) is 35.9 Å². The van der Waals surface area contributed by atoms with Crippen LogP contribution in [0.3, 0.4) is 0 Å². The number of pyridine rings is 1. The molecule has 1 heterocycles. The number of benzene rings is 2. The van der Waals surface area contributed by atoms with Gasteiger partial charge in [0.15, 0.2) is 6.61 Å². The van der Waals surface area contributed by atoms with Gasteiger partial charge in [0, 0.05) is 11.1 Å². The fourth-order valence-electron chi connectivity index (χ4n) is 2.73. The maximum atomic E-state index is 12.3. The Bertz CT molecular complexity index is 931. The second kappa shape index (κ2) is 7.11. The standard InChI is InChI=1S/C20H19ClN2O2/c1-12-9-13(2)19(16(21)10-12)23-18(24)11-25-17-6-4-5-15-8-7-14(3)22-20(15)17/h4-10H,11H2,1-3H3,(H,23,24). The molecule has 0 bridgehead atoms. The number of carbonyl (C=O) groups excluding carboxylic acids is 1. The number of aromatic nitrogens is 1. The summed E-state index contributed by atoms with van der Waals surface area (Å²) in [5.41, 5.74) is 4.23. The quantitative estimate of drug-likeness (QED) is 0.730. The molecule has 0 spiro atoms. The summed E-state index contributed by atoms with van der Waals surface area (Å²) in [6.07, 6.45) is 0. The van der Waals surface area contributed by atoms with E-state index in [-0.39, 0.29) is 12.5 Å². The van der Waals surface area contributed by atoms with Crippen molar-refractivity contribution < 1.29 is 9.53 Å². The SMILES string of the molecule is Cc1cc(C)c(NC(=O)COc2cccc3ccc(C)nc23)c(Cl)c1. The lowest BCUT2D eigenvalue weighted by Crippen LogP contribution is -2.21. The van der Waals surface area contributed by atoms with Gasteiger partial charge in [-0.25, -0.2) is 4.98 Å². The summed E-state index contributed by atoms with van der Waals surface area (Å²) in [5, 5.41) is 4.31. The molecule has 25 heavy (non-hydrogen) atoms. The minimum Gasteiger partial charge on any atom is -0.481 e. The highest BCUT2D eigenvalue weighted by Crippen LogP contribution is 2.27. The number of amides is 1. The minimum absolute atomic E-state index is 0.113. The Labute approximate surface area is 151 Å². The van der Waals surface area contributed by atoms with Crippen molar-refractivity contribution in [1.29, 1.82) is 0 Å². The van der Waals surface area contributed by atoms with Crippen LogP contribution < -0.4 is 10.1 Å². The molecule has 128 valence electrons. The van der Waals surface area contributed by atoms with Crippen molar-refractivity contribution in [3.63, 3.8) is 0 Å². The number of para-hydroxylation sites is 1. The van der Waals surface area contributed by atoms with Gasteiger partial charge in [-0.2, -0.15) is 0 Å². The summed E-state index contributed by atoms with van der Waals surface area (Å²) in [7, 11) is 0. The first-order valence-corrected chi connectivity index (χ1v) is 8.37. The third-order valence-electron chi connectivity index (χ3n) is 3.88. The molecule has 5 heteroatoms. The molecule has 3 rings (SSSR count).